The molecule has 0 amide bonds. The Morgan fingerprint density at radius 1 is 1.00 bits per heavy atom. The standard InChI is InChI=1S/C18H21N3O4S/c22-21(23)17-5-3-4-16(12-17)14-19-13-15-6-8-18(9-7-15)26(24,25)20-10-1-2-11-20/h3-9,12,19H,1-2,10-11,13-14H2. The van der Waals surface area contributed by atoms with Crippen LogP contribution in [0.15, 0.2) is 53.4 Å². The van der Waals surface area contributed by atoms with E-state index < -0.39 is 14.9 Å². The molecule has 0 unspecified atom stereocenters. The summed E-state index contributed by atoms with van der Waals surface area (Å²) in [6, 6.07) is 13.4. The molecule has 0 aromatic heterocycles. The van der Waals surface area contributed by atoms with Crippen molar-refractivity contribution < 1.29 is 13.3 Å². The highest BCUT2D eigenvalue weighted by atomic mass is 32.2. The van der Waals surface area contributed by atoms with E-state index in [9.17, 15) is 18.5 Å². The van der Waals surface area contributed by atoms with Gasteiger partial charge in [-0.25, -0.2) is 8.42 Å². The minimum atomic E-state index is -3.38. The third-order valence-electron chi connectivity index (χ3n) is 4.41. The van der Waals surface area contributed by atoms with Crippen LogP contribution < -0.4 is 5.32 Å². The molecule has 26 heavy (non-hydrogen) atoms. The monoisotopic (exact) mass is 375 g/mol. The number of benzene rings is 2. The van der Waals surface area contributed by atoms with Crippen LogP contribution in [-0.4, -0.2) is 30.7 Å². The molecule has 8 heteroatoms. The third-order valence-corrected chi connectivity index (χ3v) is 6.32. The van der Waals surface area contributed by atoms with Gasteiger partial charge in [-0.3, -0.25) is 10.1 Å². The average Bonchev–Trinajstić information content (AvgIpc) is 3.18. The summed E-state index contributed by atoms with van der Waals surface area (Å²) in [5, 5.41) is 14.0. The number of nitro benzene ring substituents is 1. The number of nitro groups is 1. The zero-order chi connectivity index (χ0) is 18.6. The highest BCUT2D eigenvalue weighted by Crippen LogP contribution is 2.21. The van der Waals surface area contributed by atoms with E-state index >= 15 is 0 Å². The van der Waals surface area contributed by atoms with Crippen LogP contribution >= 0.6 is 0 Å². The van der Waals surface area contributed by atoms with Crippen molar-refractivity contribution in [2.75, 3.05) is 13.1 Å². The van der Waals surface area contributed by atoms with Crippen molar-refractivity contribution in [2.45, 2.75) is 30.8 Å². The Labute approximate surface area is 152 Å². The number of sulfonamides is 1. The molecule has 1 aliphatic rings. The summed E-state index contributed by atoms with van der Waals surface area (Å²) in [5.74, 6) is 0. The van der Waals surface area contributed by atoms with Gasteiger partial charge in [-0.1, -0.05) is 24.3 Å². The number of hydrogen-bond acceptors (Lipinski definition) is 5. The van der Waals surface area contributed by atoms with Gasteiger partial charge in [0.25, 0.3) is 5.69 Å². The molecule has 3 rings (SSSR count). The lowest BCUT2D eigenvalue weighted by atomic mass is 10.2. The summed E-state index contributed by atoms with van der Waals surface area (Å²) in [5.41, 5.74) is 1.85. The lowest BCUT2D eigenvalue weighted by Gasteiger charge is -2.15. The third kappa shape index (κ3) is 4.27. The molecule has 1 fully saturated rings. The number of nitrogens with one attached hydrogen (secondary N) is 1. The van der Waals surface area contributed by atoms with Crippen molar-refractivity contribution in [2.24, 2.45) is 0 Å². The van der Waals surface area contributed by atoms with Crippen LogP contribution in [0.25, 0.3) is 0 Å². The van der Waals surface area contributed by atoms with Crippen LogP contribution in [0.2, 0.25) is 0 Å². The first-order valence-corrected chi connectivity index (χ1v) is 9.94. The number of rotatable bonds is 7. The van der Waals surface area contributed by atoms with Crippen LogP contribution in [0.5, 0.6) is 0 Å². The molecule has 1 N–H and O–H groups in total. The van der Waals surface area contributed by atoms with Gasteiger partial charge in [0, 0.05) is 38.3 Å². The molecule has 1 heterocycles. The largest absolute Gasteiger partial charge is 0.309 e. The maximum atomic E-state index is 12.5. The first-order chi connectivity index (χ1) is 12.5. The highest BCUT2D eigenvalue weighted by Gasteiger charge is 2.26. The molecule has 0 bridgehead atoms. The Morgan fingerprint density at radius 3 is 2.31 bits per heavy atom. The van der Waals surface area contributed by atoms with Gasteiger partial charge in [-0.05, 0) is 36.1 Å². The first kappa shape index (κ1) is 18.5. The zero-order valence-electron chi connectivity index (χ0n) is 14.3. The quantitative estimate of drug-likeness (QED) is 0.593. The van der Waals surface area contributed by atoms with E-state index in [-0.39, 0.29) is 5.69 Å². The van der Waals surface area contributed by atoms with E-state index in [4.69, 9.17) is 0 Å². The molecule has 138 valence electrons. The normalized spacial score (nSPS) is 15.2. The Kier molecular flexibility index (Phi) is 5.65. The van der Waals surface area contributed by atoms with Gasteiger partial charge < -0.3 is 5.32 Å². The summed E-state index contributed by atoms with van der Waals surface area (Å²) < 4.78 is 26.5. The smallest absolute Gasteiger partial charge is 0.269 e. The second-order valence-corrected chi connectivity index (χ2v) is 8.22. The Hall–Kier alpha value is -2.29. The molecule has 1 aliphatic heterocycles. The number of hydrogen-bond donors (Lipinski definition) is 1. The fraction of sp³-hybridized carbons (Fsp3) is 0.333. The van der Waals surface area contributed by atoms with Crippen LogP contribution in [-0.2, 0) is 23.1 Å². The number of non-ortho nitro benzene ring substituents is 1. The van der Waals surface area contributed by atoms with E-state index in [1.165, 1.54) is 10.4 Å². The van der Waals surface area contributed by atoms with E-state index in [2.05, 4.69) is 5.32 Å². The predicted octanol–water partition coefficient (Wildman–Crippen LogP) is 2.67. The highest BCUT2D eigenvalue weighted by molar-refractivity contribution is 7.89. The van der Waals surface area contributed by atoms with Gasteiger partial charge in [-0.15, -0.1) is 0 Å². The van der Waals surface area contributed by atoms with Gasteiger partial charge in [-0.2, -0.15) is 4.31 Å². The van der Waals surface area contributed by atoms with Gasteiger partial charge in [0.2, 0.25) is 10.0 Å². The van der Waals surface area contributed by atoms with Crippen molar-refractivity contribution in [1.29, 1.82) is 0 Å². The van der Waals surface area contributed by atoms with Gasteiger partial charge in [0.05, 0.1) is 9.82 Å². The molecular formula is C18H21N3O4S. The molecular weight excluding hydrogens is 354 g/mol. The van der Waals surface area contributed by atoms with Crippen LogP contribution in [0, 0.1) is 10.1 Å². The van der Waals surface area contributed by atoms with E-state index in [0.717, 1.165) is 24.0 Å². The lowest BCUT2D eigenvalue weighted by Crippen LogP contribution is -2.27. The average molecular weight is 375 g/mol. The maximum Gasteiger partial charge on any atom is 0.269 e. The Morgan fingerprint density at radius 2 is 1.65 bits per heavy atom. The Balaban J connectivity index is 1.58. The van der Waals surface area contributed by atoms with Crippen LogP contribution in [0.4, 0.5) is 5.69 Å². The van der Waals surface area contributed by atoms with Crippen molar-refractivity contribution in [3.63, 3.8) is 0 Å². The summed E-state index contributed by atoms with van der Waals surface area (Å²) in [6.45, 7) is 2.23. The fourth-order valence-corrected chi connectivity index (χ4v) is 4.51. The minimum Gasteiger partial charge on any atom is -0.309 e. The summed E-state index contributed by atoms with van der Waals surface area (Å²) in [7, 11) is -3.38. The van der Waals surface area contributed by atoms with Gasteiger partial charge in [0.15, 0.2) is 0 Å². The molecule has 0 radical (unpaired) electrons. The minimum absolute atomic E-state index is 0.0702. The molecule has 0 spiro atoms. The molecule has 0 atom stereocenters. The van der Waals surface area contributed by atoms with E-state index in [1.807, 2.05) is 6.07 Å². The van der Waals surface area contributed by atoms with Crippen molar-refractivity contribution in [3.05, 3.63) is 69.8 Å². The van der Waals surface area contributed by atoms with Crippen molar-refractivity contribution in [1.82, 2.24) is 9.62 Å². The van der Waals surface area contributed by atoms with E-state index in [1.54, 1.807) is 36.4 Å². The predicted molar refractivity (Wildman–Crippen MR) is 98.1 cm³/mol. The summed E-state index contributed by atoms with van der Waals surface area (Å²) in [6.07, 6.45) is 1.83. The molecule has 2 aromatic rings. The maximum absolute atomic E-state index is 12.5. The van der Waals surface area contributed by atoms with Crippen LogP contribution in [0.3, 0.4) is 0 Å². The Bertz CT molecular complexity index is 876. The second kappa shape index (κ2) is 7.94. The molecule has 0 saturated carbocycles. The van der Waals surface area contributed by atoms with Crippen LogP contribution in [0.1, 0.15) is 24.0 Å². The lowest BCUT2D eigenvalue weighted by molar-refractivity contribution is -0.384. The molecule has 2 aromatic carbocycles. The zero-order valence-corrected chi connectivity index (χ0v) is 15.1. The molecule has 1 saturated heterocycles. The molecule has 7 nitrogen and oxygen atoms in total. The first-order valence-electron chi connectivity index (χ1n) is 8.50. The van der Waals surface area contributed by atoms with Gasteiger partial charge >= 0.3 is 0 Å². The van der Waals surface area contributed by atoms with E-state index in [0.29, 0.717) is 31.1 Å². The topological polar surface area (TPSA) is 92.5 Å². The van der Waals surface area contributed by atoms with Crippen molar-refractivity contribution >= 4 is 15.7 Å². The second-order valence-electron chi connectivity index (χ2n) is 6.29. The molecule has 0 aliphatic carbocycles. The summed E-state index contributed by atoms with van der Waals surface area (Å²) in [4.78, 5) is 10.7. The van der Waals surface area contributed by atoms with Crippen molar-refractivity contribution in [3.8, 4) is 0 Å². The fourth-order valence-electron chi connectivity index (χ4n) is 2.99. The van der Waals surface area contributed by atoms with Gasteiger partial charge in [0.1, 0.15) is 0 Å². The summed E-state index contributed by atoms with van der Waals surface area (Å²) >= 11 is 0. The SMILES string of the molecule is O=[N+]([O-])c1cccc(CNCc2ccc(S(=O)(=O)N3CCCC3)cc2)c1. The number of nitrogens with zero attached hydrogens (tertiary/aromatic N) is 2.